The average Bonchev–Trinajstić information content (AvgIpc) is 2.97. The Kier molecular flexibility index (Phi) is 5.24. The van der Waals surface area contributed by atoms with Gasteiger partial charge in [-0.3, -0.25) is 19.3 Å². The van der Waals surface area contributed by atoms with E-state index >= 15 is 0 Å². The molecule has 0 spiro atoms. The number of anilines is 1. The molecule has 3 heterocycles. The van der Waals surface area contributed by atoms with Gasteiger partial charge in [0.1, 0.15) is 12.1 Å². The molecule has 156 valence electrons. The third kappa shape index (κ3) is 3.65. The first-order valence-corrected chi connectivity index (χ1v) is 10.2. The smallest absolute Gasteiger partial charge is 0.261 e. The number of fused-ring (bicyclic) bond motifs is 1. The zero-order valence-corrected chi connectivity index (χ0v) is 17.5. The Bertz CT molecular complexity index is 1010. The number of nitrogens with zero attached hydrogens (tertiary/aromatic N) is 5. The molecule has 0 aliphatic carbocycles. The van der Waals surface area contributed by atoms with Crippen LogP contribution in [0.5, 0.6) is 0 Å². The quantitative estimate of drug-likeness (QED) is 0.721. The number of amides is 3. The minimum Gasteiger partial charge on any atom is -0.353 e. The molecule has 2 aromatic rings. The SMILES string of the molecule is Cc1cc(N2CCN(C(=O)c3ccc4c(c3)C(=O)N(CC(C)C)C4=O)CC2)ncn1. The molecule has 0 atom stereocenters. The summed E-state index contributed by atoms with van der Waals surface area (Å²) in [4.78, 5) is 51.8. The van der Waals surface area contributed by atoms with E-state index in [0.717, 1.165) is 11.5 Å². The van der Waals surface area contributed by atoms with Gasteiger partial charge >= 0.3 is 0 Å². The number of aromatic nitrogens is 2. The van der Waals surface area contributed by atoms with Crippen LogP contribution in [0, 0.1) is 12.8 Å². The van der Waals surface area contributed by atoms with Crippen molar-refractivity contribution in [3.05, 3.63) is 53.0 Å². The van der Waals surface area contributed by atoms with Crippen LogP contribution in [-0.4, -0.2) is 70.2 Å². The maximum atomic E-state index is 13.0. The first-order valence-electron chi connectivity index (χ1n) is 10.2. The second-order valence-corrected chi connectivity index (χ2v) is 8.17. The zero-order chi connectivity index (χ0) is 21.4. The molecule has 1 aromatic heterocycles. The van der Waals surface area contributed by atoms with Gasteiger partial charge in [0.25, 0.3) is 17.7 Å². The number of aryl methyl sites for hydroxylation is 1. The molecule has 0 N–H and O–H groups in total. The van der Waals surface area contributed by atoms with Gasteiger partial charge < -0.3 is 9.80 Å². The highest BCUT2D eigenvalue weighted by atomic mass is 16.2. The highest BCUT2D eigenvalue weighted by molar-refractivity contribution is 6.22. The number of imide groups is 1. The molecule has 0 unspecified atom stereocenters. The van der Waals surface area contributed by atoms with E-state index in [1.54, 1.807) is 29.4 Å². The van der Waals surface area contributed by atoms with Crippen LogP contribution in [0.3, 0.4) is 0 Å². The Morgan fingerprint density at radius 2 is 1.70 bits per heavy atom. The Morgan fingerprint density at radius 1 is 1.00 bits per heavy atom. The van der Waals surface area contributed by atoms with E-state index in [1.807, 2.05) is 26.8 Å². The summed E-state index contributed by atoms with van der Waals surface area (Å²) >= 11 is 0. The molecular weight excluding hydrogens is 382 g/mol. The average molecular weight is 407 g/mol. The molecule has 30 heavy (non-hydrogen) atoms. The maximum absolute atomic E-state index is 13.0. The van der Waals surface area contributed by atoms with Crippen LogP contribution in [0.15, 0.2) is 30.6 Å². The van der Waals surface area contributed by atoms with Crippen molar-refractivity contribution in [2.75, 3.05) is 37.6 Å². The number of benzene rings is 1. The third-order valence-corrected chi connectivity index (χ3v) is 5.45. The highest BCUT2D eigenvalue weighted by Crippen LogP contribution is 2.26. The van der Waals surface area contributed by atoms with Gasteiger partial charge in [0, 0.05) is 50.0 Å². The van der Waals surface area contributed by atoms with Gasteiger partial charge in [0.2, 0.25) is 0 Å². The fourth-order valence-electron chi connectivity index (χ4n) is 3.89. The summed E-state index contributed by atoms with van der Waals surface area (Å²) in [6.07, 6.45) is 1.55. The van der Waals surface area contributed by atoms with Crippen molar-refractivity contribution < 1.29 is 14.4 Å². The topological polar surface area (TPSA) is 86.7 Å². The molecule has 1 aromatic carbocycles. The van der Waals surface area contributed by atoms with Gasteiger partial charge in [0.15, 0.2) is 0 Å². The fourth-order valence-corrected chi connectivity index (χ4v) is 3.89. The highest BCUT2D eigenvalue weighted by Gasteiger charge is 2.36. The van der Waals surface area contributed by atoms with E-state index < -0.39 is 0 Å². The van der Waals surface area contributed by atoms with Gasteiger partial charge in [-0.2, -0.15) is 0 Å². The molecule has 0 radical (unpaired) electrons. The molecule has 8 heteroatoms. The van der Waals surface area contributed by atoms with Crippen LogP contribution in [0.2, 0.25) is 0 Å². The summed E-state index contributed by atoms with van der Waals surface area (Å²) in [6, 6.07) is 6.75. The van der Waals surface area contributed by atoms with Gasteiger partial charge in [-0.25, -0.2) is 9.97 Å². The van der Waals surface area contributed by atoms with Crippen molar-refractivity contribution in [3.8, 4) is 0 Å². The molecule has 3 amide bonds. The summed E-state index contributed by atoms with van der Waals surface area (Å²) < 4.78 is 0. The number of rotatable bonds is 4. The molecule has 2 aliphatic heterocycles. The van der Waals surface area contributed by atoms with Crippen molar-refractivity contribution in [2.45, 2.75) is 20.8 Å². The van der Waals surface area contributed by atoms with E-state index in [2.05, 4.69) is 14.9 Å². The van der Waals surface area contributed by atoms with Crippen LogP contribution < -0.4 is 4.90 Å². The van der Waals surface area contributed by atoms with E-state index in [1.165, 1.54) is 4.90 Å². The first kappa shape index (κ1) is 20.0. The summed E-state index contributed by atoms with van der Waals surface area (Å²) in [6.45, 7) is 8.69. The molecule has 4 rings (SSSR count). The van der Waals surface area contributed by atoms with Crippen molar-refractivity contribution >= 4 is 23.5 Å². The standard InChI is InChI=1S/C22H25N5O3/c1-14(2)12-27-21(29)17-5-4-16(11-18(17)22(27)30)20(28)26-8-6-25(7-9-26)19-10-15(3)23-13-24-19/h4-5,10-11,13-14H,6-9,12H2,1-3H3. The van der Waals surface area contributed by atoms with Crippen LogP contribution in [0.1, 0.15) is 50.6 Å². The van der Waals surface area contributed by atoms with Crippen LogP contribution in [0.25, 0.3) is 0 Å². The monoisotopic (exact) mass is 407 g/mol. The van der Waals surface area contributed by atoms with E-state index in [4.69, 9.17) is 0 Å². The number of carbonyl (C=O) groups excluding carboxylic acids is 3. The molecule has 0 bridgehead atoms. The van der Waals surface area contributed by atoms with Gasteiger partial charge in [-0.05, 0) is 31.0 Å². The maximum Gasteiger partial charge on any atom is 0.261 e. The van der Waals surface area contributed by atoms with Crippen LogP contribution in [0.4, 0.5) is 5.82 Å². The Morgan fingerprint density at radius 3 is 2.37 bits per heavy atom. The predicted octanol–water partition coefficient (Wildman–Crippen LogP) is 2.00. The van der Waals surface area contributed by atoms with Crippen molar-refractivity contribution in [1.29, 1.82) is 0 Å². The Balaban J connectivity index is 1.46. The Labute approximate surface area is 175 Å². The lowest BCUT2D eigenvalue weighted by atomic mass is 10.0. The summed E-state index contributed by atoms with van der Waals surface area (Å²) in [5, 5.41) is 0. The second kappa shape index (κ2) is 7.85. The minimum atomic E-state index is -0.317. The van der Waals surface area contributed by atoms with Gasteiger partial charge in [-0.15, -0.1) is 0 Å². The molecule has 1 saturated heterocycles. The van der Waals surface area contributed by atoms with Crippen LogP contribution in [-0.2, 0) is 0 Å². The van der Waals surface area contributed by atoms with Gasteiger partial charge in [-0.1, -0.05) is 13.8 Å². The van der Waals surface area contributed by atoms with Crippen LogP contribution >= 0.6 is 0 Å². The number of piperazine rings is 1. The number of hydrogen-bond acceptors (Lipinski definition) is 6. The fraction of sp³-hybridized carbons (Fsp3) is 0.409. The van der Waals surface area contributed by atoms with E-state index in [9.17, 15) is 14.4 Å². The largest absolute Gasteiger partial charge is 0.353 e. The molecule has 8 nitrogen and oxygen atoms in total. The number of hydrogen-bond donors (Lipinski definition) is 0. The van der Waals surface area contributed by atoms with Crippen molar-refractivity contribution in [3.63, 3.8) is 0 Å². The molecule has 2 aliphatic rings. The predicted molar refractivity (Wildman–Crippen MR) is 112 cm³/mol. The van der Waals surface area contributed by atoms with Crippen molar-refractivity contribution in [1.82, 2.24) is 19.8 Å². The lowest BCUT2D eigenvalue weighted by Crippen LogP contribution is -2.49. The second-order valence-electron chi connectivity index (χ2n) is 8.17. The number of carbonyl (C=O) groups is 3. The molecule has 1 fully saturated rings. The normalized spacial score (nSPS) is 16.5. The summed E-state index contributed by atoms with van der Waals surface area (Å²) in [5.74, 6) is 0.322. The zero-order valence-electron chi connectivity index (χ0n) is 17.5. The first-order chi connectivity index (χ1) is 14.3. The summed E-state index contributed by atoms with van der Waals surface area (Å²) in [5.41, 5.74) is 2.04. The van der Waals surface area contributed by atoms with Crippen molar-refractivity contribution in [2.24, 2.45) is 5.92 Å². The minimum absolute atomic E-state index is 0.126. The Hall–Kier alpha value is -3.29. The summed E-state index contributed by atoms with van der Waals surface area (Å²) in [7, 11) is 0. The van der Waals surface area contributed by atoms with Gasteiger partial charge in [0.05, 0.1) is 11.1 Å². The van der Waals surface area contributed by atoms with E-state index in [0.29, 0.717) is 49.4 Å². The molecular formula is C22H25N5O3. The lowest BCUT2D eigenvalue weighted by Gasteiger charge is -2.35. The lowest BCUT2D eigenvalue weighted by molar-refractivity contribution is 0.0635. The third-order valence-electron chi connectivity index (χ3n) is 5.45. The van der Waals surface area contributed by atoms with E-state index in [-0.39, 0.29) is 23.6 Å². The molecule has 0 saturated carbocycles.